The predicted molar refractivity (Wildman–Crippen MR) is 113 cm³/mol. The van der Waals surface area contributed by atoms with Crippen molar-refractivity contribution in [2.75, 3.05) is 17.3 Å². The number of aliphatic hydroxyl groups is 2. The first-order chi connectivity index (χ1) is 14.0. The molecule has 0 bridgehead atoms. The van der Waals surface area contributed by atoms with Gasteiger partial charge >= 0.3 is 0 Å². The van der Waals surface area contributed by atoms with Gasteiger partial charge in [-0.3, -0.25) is 4.57 Å². The van der Waals surface area contributed by atoms with Crippen LogP contribution in [-0.2, 0) is 4.74 Å². The van der Waals surface area contributed by atoms with Gasteiger partial charge in [-0.25, -0.2) is 15.0 Å². The van der Waals surface area contributed by atoms with Crippen LogP contribution in [0.4, 0.5) is 5.82 Å². The second kappa shape index (κ2) is 8.45. The number of hydrogen-bond donors (Lipinski definition) is 3. The van der Waals surface area contributed by atoms with E-state index in [2.05, 4.69) is 20.3 Å². The summed E-state index contributed by atoms with van der Waals surface area (Å²) in [6.45, 7) is 2.00. The molecule has 8 nitrogen and oxygen atoms in total. The molecule has 154 valence electrons. The monoisotopic (exact) mass is 435 g/mol. The van der Waals surface area contributed by atoms with E-state index in [9.17, 15) is 10.2 Å². The number of benzene rings is 1. The molecule has 0 radical (unpaired) electrons. The summed E-state index contributed by atoms with van der Waals surface area (Å²) >= 11 is 7.64. The average Bonchev–Trinajstić information content (AvgIpc) is 3.25. The van der Waals surface area contributed by atoms with Crippen molar-refractivity contribution in [1.29, 1.82) is 0 Å². The molecule has 1 aliphatic heterocycles. The maximum atomic E-state index is 10.5. The van der Waals surface area contributed by atoms with E-state index in [4.69, 9.17) is 16.3 Å². The lowest BCUT2D eigenvalue weighted by Crippen LogP contribution is -2.32. The fraction of sp³-hybridized carbons (Fsp3) is 0.421. The average molecular weight is 436 g/mol. The van der Waals surface area contributed by atoms with Gasteiger partial charge in [-0.15, -0.1) is 0 Å². The van der Waals surface area contributed by atoms with E-state index >= 15 is 0 Å². The number of aliphatic hydroxyl groups excluding tert-OH is 2. The molecule has 0 amide bonds. The highest BCUT2D eigenvalue weighted by Gasteiger charge is 2.44. The van der Waals surface area contributed by atoms with Crippen LogP contribution >= 0.6 is 23.4 Å². The van der Waals surface area contributed by atoms with Gasteiger partial charge < -0.3 is 20.3 Å². The number of anilines is 1. The summed E-state index contributed by atoms with van der Waals surface area (Å²) in [6.07, 6.45) is 1.66. The second-order valence-corrected chi connectivity index (χ2v) is 8.32. The first-order valence-corrected chi connectivity index (χ1v) is 11.0. The molecule has 3 N–H and O–H groups in total. The molecule has 5 atom stereocenters. The Morgan fingerprint density at radius 2 is 2.10 bits per heavy atom. The Balaban J connectivity index is 1.62. The van der Waals surface area contributed by atoms with E-state index in [1.807, 2.05) is 37.4 Å². The predicted octanol–water partition coefficient (Wildman–Crippen LogP) is 2.64. The lowest BCUT2D eigenvalue weighted by atomic mass is 10.1. The quantitative estimate of drug-likeness (QED) is 0.542. The van der Waals surface area contributed by atoms with Crippen LogP contribution < -0.4 is 5.32 Å². The van der Waals surface area contributed by atoms with Gasteiger partial charge in [-0.05, 0) is 30.9 Å². The number of ether oxygens (including phenoxy) is 1. The number of thioether (sulfide) groups is 1. The van der Waals surface area contributed by atoms with E-state index in [0.717, 1.165) is 5.56 Å². The van der Waals surface area contributed by atoms with Gasteiger partial charge in [0.25, 0.3) is 0 Å². The van der Waals surface area contributed by atoms with Gasteiger partial charge in [-0.1, -0.05) is 23.7 Å². The topological polar surface area (TPSA) is 105 Å². The third kappa shape index (κ3) is 3.93. The summed E-state index contributed by atoms with van der Waals surface area (Å²) in [4.78, 5) is 13.1. The summed E-state index contributed by atoms with van der Waals surface area (Å²) < 4.78 is 7.53. The Kier molecular flexibility index (Phi) is 5.93. The minimum Gasteiger partial charge on any atom is -0.387 e. The summed E-state index contributed by atoms with van der Waals surface area (Å²) in [5.41, 5.74) is 2.09. The third-order valence-corrected chi connectivity index (χ3v) is 5.90. The minimum atomic E-state index is -1.07. The lowest BCUT2D eigenvalue weighted by Gasteiger charge is -2.17. The fourth-order valence-electron chi connectivity index (χ4n) is 3.47. The van der Waals surface area contributed by atoms with Crippen molar-refractivity contribution in [2.24, 2.45) is 0 Å². The van der Waals surface area contributed by atoms with E-state index in [-0.39, 0.29) is 6.04 Å². The van der Waals surface area contributed by atoms with Crippen molar-refractivity contribution >= 4 is 40.3 Å². The Morgan fingerprint density at radius 1 is 1.28 bits per heavy atom. The van der Waals surface area contributed by atoms with Gasteiger partial charge in [-0.2, -0.15) is 11.8 Å². The van der Waals surface area contributed by atoms with Crippen LogP contribution in [0.2, 0.25) is 5.02 Å². The molecule has 1 aromatic carbocycles. The molecule has 3 aromatic rings. The number of aromatic nitrogens is 4. The van der Waals surface area contributed by atoms with Crippen LogP contribution in [0.3, 0.4) is 0 Å². The zero-order chi connectivity index (χ0) is 20.5. The lowest BCUT2D eigenvalue weighted by molar-refractivity contribution is -0.0288. The Hall–Kier alpha value is -1.91. The number of rotatable bonds is 6. The largest absolute Gasteiger partial charge is 0.387 e. The molecule has 0 saturated carbocycles. The minimum absolute atomic E-state index is 0.0574. The molecule has 29 heavy (non-hydrogen) atoms. The van der Waals surface area contributed by atoms with Gasteiger partial charge in [0.15, 0.2) is 23.2 Å². The molecule has 0 aliphatic carbocycles. The Labute approximate surface area is 177 Å². The maximum Gasteiger partial charge on any atom is 0.167 e. The van der Waals surface area contributed by atoms with Gasteiger partial charge in [0.2, 0.25) is 0 Å². The SMILES string of the molecule is CSC[C@H]1O[C@@H](n2cnc3c(NC(C)c4cccc(Cl)c4)ncnc32)[C@H](O)[C@@H]1O. The number of hydrogen-bond acceptors (Lipinski definition) is 8. The normalized spacial score (nSPS) is 25.4. The van der Waals surface area contributed by atoms with Gasteiger partial charge in [0, 0.05) is 10.8 Å². The van der Waals surface area contributed by atoms with E-state index in [0.29, 0.717) is 27.8 Å². The molecule has 1 unspecified atom stereocenters. The van der Waals surface area contributed by atoms with Crippen molar-refractivity contribution in [3.8, 4) is 0 Å². The van der Waals surface area contributed by atoms with Crippen LogP contribution in [0.15, 0.2) is 36.9 Å². The number of nitrogens with one attached hydrogen (secondary N) is 1. The zero-order valence-corrected chi connectivity index (χ0v) is 17.5. The molecule has 3 heterocycles. The molecule has 4 rings (SSSR count). The number of nitrogens with zero attached hydrogens (tertiary/aromatic N) is 4. The van der Waals surface area contributed by atoms with Gasteiger partial charge in [0.05, 0.1) is 18.5 Å². The Morgan fingerprint density at radius 3 is 2.86 bits per heavy atom. The first-order valence-electron chi connectivity index (χ1n) is 9.19. The third-order valence-electron chi connectivity index (χ3n) is 5.00. The van der Waals surface area contributed by atoms with Crippen molar-refractivity contribution in [3.63, 3.8) is 0 Å². The molecule has 0 spiro atoms. The van der Waals surface area contributed by atoms with Crippen molar-refractivity contribution < 1.29 is 14.9 Å². The summed E-state index contributed by atoms with van der Waals surface area (Å²) in [5.74, 6) is 1.15. The zero-order valence-electron chi connectivity index (χ0n) is 15.9. The van der Waals surface area contributed by atoms with E-state index in [1.165, 1.54) is 6.33 Å². The van der Waals surface area contributed by atoms with Crippen molar-refractivity contribution in [1.82, 2.24) is 19.5 Å². The molecule has 10 heteroatoms. The van der Waals surface area contributed by atoms with Crippen LogP contribution in [-0.4, -0.2) is 60.1 Å². The van der Waals surface area contributed by atoms with Crippen LogP contribution in [0.5, 0.6) is 0 Å². The number of imidazole rings is 1. The Bertz CT molecular complexity index is 1000. The smallest absolute Gasteiger partial charge is 0.167 e. The first kappa shape index (κ1) is 20.4. The highest BCUT2D eigenvalue weighted by molar-refractivity contribution is 7.98. The number of fused-ring (bicyclic) bond motifs is 1. The highest BCUT2D eigenvalue weighted by atomic mass is 35.5. The van der Waals surface area contributed by atoms with Crippen LogP contribution in [0, 0.1) is 0 Å². The van der Waals surface area contributed by atoms with E-state index < -0.39 is 24.5 Å². The van der Waals surface area contributed by atoms with Crippen molar-refractivity contribution in [3.05, 3.63) is 47.5 Å². The summed E-state index contributed by atoms with van der Waals surface area (Å²) in [6, 6.07) is 7.55. The molecule has 2 aromatic heterocycles. The van der Waals surface area contributed by atoms with Gasteiger partial charge in [0.1, 0.15) is 18.5 Å². The van der Waals surface area contributed by atoms with Crippen LogP contribution in [0.25, 0.3) is 11.2 Å². The molecular weight excluding hydrogens is 414 g/mol. The van der Waals surface area contributed by atoms with Crippen molar-refractivity contribution in [2.45, 2.75) is 37.5 Å². The summed E-state index contributed by atoms with van der Waals surface area (Å²) in [5, 5.41) is 24.8. The highest BCUT2D eigenvalue weighted by Crippen LogP contribution is 2.33. The molecular formula is C19H22ClN5O3S. The second-order valence-electron chi connectivity index (χ2n) is 6.97. The summed E-state index contributed by atoms with van der Waals surface area (Å²) in [7, 11) is 0. The maximum absolute atomic E-state index is 10.5. The fourth-order valence-corrected chi connectivity index (χ4v) is 4.27. The molecule has 1 aliphatic rings. The molecule has 1 fully saturated rings. The molecule has 1 saturated heterocycles. The van der Waals surface area contributed by atoms with E-state index in [1.54, 1.807) is 22.7 Å². The van der Waals surface area contributed by atoms with Crippen LogP contribution in [0.1, 0.15) is 24.8 Å². The standard InChI is InChI=1S/C19H22ClN5O3S/c1-10(11-4-3-5-12(20)6-11)24-17-14-18(22-8-21-17)25(9-23-14)19-16(27)15(26)13(28-19)7-29-2/h3-6,8-10,13,15-16,19,26-27H,7H2,1-2H3,(H,21,22,24)/t10?,13-,15-,16-,19-/m1/s1. The number of halogens is 1.